The molecular formula is C15H19NO4S. The van der Waals surface area contributed by atoms with Crippen molar-refractivity contribution >= 4 is 15.6 Å². The van der Waals surface area contributed by atoms with Crippen LogP contribution in [-0.4, -0.2) is 34.5 Å². The number of nitrogens with one attached hydrogen (secondary N) is 1. The Balaban J connectivity index is 1.78. The molecule has 0 unspecified atom stereocenters. The van der Waals surface area contributed by atoms with Gasteiger partial charge in [-0.25, -0.2) is 13.1 Å². The molecule has 0 amide bonds. The van der Waals surface area contributed by atoms with E-state index in [0.29, 0.717) is 13.2 Å². The van der Waals surface area contributed by atoms with Gasteiger partial charge in [-0.3, -0.25) is 0 Å². The van der Waals surface area contributed by atoms with Crippen molar-refractivity contribution in [3.63, 3.8) is 0 Å². The Hall–Kier alpha value is -1.21. The molecule has 114 valence electrons. The van der Waals surface area contributed by atoms with Crippen molar-refractivity contribution in [2.75, 3.05) is 20.3 Å². The number of ether oxygens (including phenoxy) is 2. The molecule has 1 spiro atoms. The predicted octanol–water partition coefficient (Wildman–Crippen LogP) is 1.91. The Kier molecular flexibility index (Phi) is 3.88. The van der Waals surface area contributed by atoms with E-state index in [-0.39, 0.29) is 4.90 Å². The fraction of sp³-hybridized carbons (Fsp3) is 0.467. The summed E-state index contributed by atoms with van der Waals surface area (Å²) in [7, 11) is -1.96. The number of benzene rings is 1. The monoisotopic (exact) mass is 309 g/mol. The van der Waals surface area contributed by atoms with Crippen LogP contribution in [0.25, 0.3) is 5.57 Å². The van der Waals surface area contributed by atoms with E-state index in [9.17, 15) is 8.42 Å². The summed E-state index contributed by atoms with van der Waals surface area (Å²) in [6.07, 6.45) is 4.60. The molecule has 0 radical (unpaired) electrons. The summed E-state index contributed by atoms with van der Waals surface area (Å²) in [5.41, 5.74) is 2.27. The molecule has 1 aromatic carbocycles. The summed E-state index contributed by atoms with van der Waals surface area (Å²) in [4.78, 5) is 0.282. The van der Waals surface area contributed by atoms with E-state index in [4.69, 9.17) is 9.47 Å². The molecule has 0 aromatic heterocycles. The van der Waals surface area contributed by atoms with Gasteiger partial charge in [0.1, 0.15) is 0 Å². The van der Waals surface area contributed by atoms with Crippen molar-refractivity contribution in [3.05, 3.63) is 35.9 Å². The van der Waals surface area contributed by atoms with E-state index in [1.807, 2.05) is 12.1 Å². The van der Waals surface area contributed by atoms with E-state index >= 15 is 0 Å². The van der Waals surface area contributed by atoms with Crippen LogP contribution in [0.3, 0.4) is 0 Å². The smallest absolute Gasteiger partial charge is 0.240 e. The van der Waals surface area contributed by atoms with E-state index in [0.717, 1.165) is 24.8 Å². The molecule has 0 bridgehead atoms. The number of rotatable bonds is 3. The second-order valence-corrected chi connectivity index (χ2v) is 7.16. The maximum atomic E-state index is 11.7. The molecule has 0 saturated carbocycles. The molecule has 2 aliphatic rings. The lowest BCUT2D eigenvalue weighted by atomic mass is 9.90. The van der Waals surface area contributed by atoms with Crippen LogP contribution >= 0.6 is 0 Å². The van der Waals surface area contributed by atoms with Gasteiger partial charge >= 0.3 is 0 Å². The Morgan fingerprint density at radius 1 is 1.14 bits per heavy atom. The first-order chi connectivity index (χ1) is 10.0. The van der Waals surface area contributed by atoms with Crippen molar-refractivity contribution < 1.29 is 17.9 Å². The molecule has 1 aromatic rings. The van der Waals surface area contributed by atoms with Gasteiger partial charge in [0.05, 0.1) is 18.1 Å². The Bertz CT molecular complexity index is 643. The highest BCUT2D eigenvalue weighted by Crippen LogP contribution is 2.38. The van der Waals surface area contributed by atoms with E-state index < -0.39 is 15.8 Å². The van der Waals surface area contributed by atoms with Gasteiger partial charge in [-0.1, -0.05) is 18.2 Å². The van der Waals surface area contributed by atoms with Gasteiger partial charge in [-0.15, -0.1) is 0 Å². The van der Waals surface area contributed by atoms with Gasteiger partial charge in [-0.2, -0.15) is 0 Å². The van der Waals surface area contributed by atoms with Crippen LogP contribution in [0, 0.1) is 0 Å². The van der Waals surface area contributed by atoms with Crippen molar-refractivity contribution in [3.8, 4) is 0 Å². The average Bonchev–Trinajstić information content (AvgIpc) is 2.96. The quantitative estimate of drug-likeness (QED) is 0.926. The Morgan fingerprint density at radius 3 is 2.33 bits per heavy atom. The summed E-state index contributed by atoms with van der Waals surface area (Å²) in [5, 5.41) is 0. The van der Waals surface area contributed by atoms with Gasteiger partial charge < -0.3 is 9.47 Å². The highest BCUT2D eigenvalue weighted by Gasteiger charge is 2.37. The maximum absolute atomic E-state index is 11.7. The summed E-state index contributed by atoms with van der Waals surface area (Å²) in [6, 6.07) is 6.97. The minimum Gasteiger partial charge on any atom is -0.347 e. The van der Waals surface area contributed by atoms with E-state index in [1.165, 1.54) is 12.6 Å². The molecule has 1 aliphatic carbocycles. The fourth-order valence-electron chi connectivity index (χ4n) is 2.80. The molecule has 6 heteroatoms. The van der Waals surface area contributed by atoms with Crippen molar-refractivity contribution in [2.45, 2.75) is 29.9 Å². The molecule has 1 heterocycles. The first kappa shape index (κ1) is 14.7. The number of sulfonamides is 1. The molecule has 5 nitrogen and oxygen atoms in total. The molecule has 0 atom stereocenters. The SMILES string of the molecule is CNS(=O)(=O)c1ccc(C2=CCC3(CC2)OCCO3)cc1. The molecule has 1 saturated heterocycles. The lowest BCUT2D eigenvalue weighted by molar-refractivity contribution is -0.159. The zero-order valence-corrected chi connectivity index (χ0v) is 12.8. The standard InChI is InChI=1S/C15H19NO4S/c1-16-21(17,18)14-4-2-12(3-5-14)13-6-8-15(9-7-13)19-10-11-20-15/h2-6,16H,7-11H2,1H3. The first-order valence-electron chi connectivity index (χ1n) is 7.06. The summed E-state index contributed by atoms with van der Waals surface area (Å²) in [5.74, 6) is -0.418. The van der Waals surface area contributed by atoms with Gasteiger partial charge in [0.25, 0.3) is 0 Å². The van der Waals surface area contributed by atoms with Crippen LogP contribution in [0.5, 0.6) is 0 Å². The summed E-state index contributed by atoms with van der Waals surface area (Å²) in [6.45, 7) is 1.33. The van der Waals surface area contributed by atoms with Crippen LogP contribution in [0.1, 0.15) is 24.8 Å². The van der Waals surface area contributed by atoms with Gasteiger partial charge in [-0.05, 0) is 36.7 Å². The van der Waals surface area contributed by atoms with Crippen LogP contribution in [-0.2, 0) is 19.5 Å². The molecule has 21 heavy (non-hydrogen) atoms. The minimum atomic E-state index is -3.37. The molecule has 1 N–H and O–H groups in total. The Morgan fingerprint density at radius 2 is 1.81 bits per heavy atom. The van der Waals surface area contributed by atoms with Crippen molar-refractivity contribution in [1.82, 2.24) is 4.72 Å². The largest absolute Gasteiger partial charge is 0.347 e. The second-order valence-electron chi connectivity index (χ2n) is 5.27. The minimum absolute atomic E-state index is 0.282. The lowest BCUT2D eigenvalue weighted by Gasteiger charge is -2.30. The highest BCUT2D eigenvalue weighted by atomic mass is 32.2. The third-order valence-corrected chi connectivity index (χ3v) is 5.48. The summed E-state index contributed by atoms with van der Waals surface area (Å²) < 4.78 is 37.1. The normalized spacial score (nSPS) is 21.5. The maximum Gasteiger partial charge on any atom is 0.240 e. The zero-order chi connectivity index (χ0) is 14.9. The van der Waals surface area contributed by atoms with Gasteiger partial charge in [0.2, 0.25) is 10.0 Å². The molecular weight excluding hydrogens is 290 g/mol. The van der Waals surface area contributed by atoms with Crippen LogP contribution in [0.15, 0.2) is 35.2 Å². The van der Waals surface area contributed by atoms with Gasteiger partial charge in [0, 0.05) is 12.8 Å². The second kappa shape index (κ2) is 5.53. The fourth-order valence-corrected chi connectivity index (χ4v) is 3.53. The first-order valence-corrected chi connectivity index (χ1v) is 8.54. The number of hydrogen-bond donors (Lipinski definition) is 1. The van der Waals surface area contributed by atoms with Crippen LogP contribution in [0.4, 0.5) is 0 Å². The van der Waals surface area contributed by atoms with Crippen molar-refractivity contribution in [2.24, 2.45) is 0 Å². The number of allylic oxidation sites excluding steroid dienone is 1. The van der Waals surface area contributed by atoms with Crippen LogP contribution < -0.4 is 4.72 Å². The van der Waals surface area contributed by atoms with E-state index in [2.05, 4.69) is 10.8 Å². The average molecular weight is 309 g/mol. The highest BCUT2D eigenvalue weighted by molar-refractivity contribution is 7.89. The van der Waals surface area contributed by atoms with Crippen LogP contribution in [0.2, 0.25) is 0 Å². The van der Waals surface area contributed by atoms with Gasteiger partial charge in [0.15, 0.2) is 5.79 Å². The zero-order valence-electron chi connectivity index (χ0n) is 12.0. The lowest BCUT2D eigenvalue weighted by Crippen LogP contribution is -2.31. The van der Waals surface area contributed by atoms with E-state index in [1.54, 1.807) is 12.1 Å². The summed E-state index contributed by atoms with van der Waals surface area (Å²) >= 11 is 0. The topological polar surface area (TPSA) is 64.6 Å². The number of hydrogen-bond acceptors (Lipinski definition) is 4. The third kappa shape index (κ3) is 2.89. The molecule has 1 aliphatic heterocycles. The van der Waals surface area contributed by atoms with Crippen molar-refractivity contribution in [1.29, 1.82) is 0 Å². The molecule has 3 rings (SSSR count). The Labute approximate surface area is 125 Å². The molecule has 1 fully saturated rings. The predicted molar refractivity (Wildman–Crippen MR) is 79.2 cm³/mol. The third-order valence-electron chi connectivity index (χ3n) is 4.05.